The number of rotatable bonds is 3. The average molecular weight is 286 g/mol. The van der Waals surface area contributed by atoms with Gasteiger partial charge in [0, 0.05) is 19.5 Å². The summed E-state index contributed by atoms with van der Waals surface area (Å²) in [6, 6.07) is 8.52. The third-order valence-corrected chi connectivity index (χ3v) is 5.09. The van der Waals surface area contributed by atoms with E-state index >= 15 is 0 Å². The number of piperidine rings is 1. The van der Waals surface area contributed by atoms with Gasteiger partial charge < -0.3 is 9.80 Å². The summed E-state index contributed by atoms with van der Waals surface area (Å²) < 4.78 is 0. The molecule has 3 nitrogen and oxygen atoms in total. The molecular weight excluding hydrogens is 260 g/mol. The Balaban J connectivity index is 1.48. The Kier molecular flexibility index (Phi) is 4.59. The Morgan fingerprint density at radius 1 is 1.14 bits per heavy atom. The number of fused-ring (bicyclic) bond motifs is 1. The molecular formula is C18H26N2O. The molecule has 0 unspecified atom stereocenters. The minimum atomic E-state index is 0.350. The lowest BCUT2D eigenvalue weighted by Gasteiger charge is -2.31. The maximum atomic E-state index is 12.4. The van der Waals surface area contributed by atoms with E-state index in [9.17, 15) is 4.79 Å². The number of carbonyl (C=O) groups is 1. The van der Waals surface area contributed by atoms with Gasteiger partial charge in [0.05, 0.1) is 0 Å². The molecule has 0 aromatic heterocycles. The summed E-state index contributed by atoms with van der Waals surface area (Å²) in [5.41, 5.74) is 2.74. The zero-order valence-corrected chi connectivity index (χ0v) is 13.1. The van der Waals surface area contributed by atoms with E-state index in [1.807, 2.05) is 0 Å². The average Bonchev–Trinajstić information content (AvgIpc) is 2.53. The fourth-order valence-corrected chi connectivity index (χ4v) is 3.55. The lowest BCUT2D eigenvalue weighted by Crippen LogP contribution is -2.36. The molecule has 3 rings (SSSR count). The lowest BCUT2D eigenvalue weighted by atomic mass is 9.92. The maximum absolute atomic E-state index is 12.4. The predicted octanol–water partition coefficient (Wildman–Crippen LogP) is 2.69. The summed E-state index contributed by atoms with van der Waals surface area (Å²) >= 11 is 0. The number of hydrogen-bond donors (Lipinski definition) is 0. The smallest absolute Gasteiger partial charge is 0.222 e. The lowest BCUT2D eigenvalue weighted by molar-refractivity contribution is -0.132. The minimum Gasteiger partial charge on any atom is -0.338 e. The van der Waals surface area contributed by atoms with E-state index in [-0.39, 0.29) is 0 Å². The molecule has 3 heteroatoms. The number of benzene rings is 1. The summed E-state index contributed by atoms with van der Waals surface area (Å²) in [6.07, 6.45) is 5.33. The summed E-state index contributed by atoms with van der Waals surface area (Å²) in [5.74, 6) is 1.10. The van der Waals surface area contributed by atoms with Crippen LogP contribution in [0.2, 0.25) is 0 Å². The van der Waals surface area contributed by atoms with Crippen LogP contribution in [-0.2, 0) is 17.8 Å². The normalized spacial score (nSPS) is 20.3. The third kappa shape index (κ3) is 3.65. The van der Waals surface area contributed by atoms with Crippen LogP contribution in [0.4, 0.5) is 0 Å². The molecule has 1 fully saturated rings. The highest BCUT2D eigenvalue weighted by atomic mass is 16.2. The molecule has 114 valence electrons. The Bertz CT molecular complexity index is 492. The zero-order chi connectivity index (χ0) is 14.7. The molecule has 1 aromatic rings. The highest BCUT2D eigenvalue weighted by Crippen LogP contribution is 2.23. The van der Waals surface area contributed by atoms with Crippen molar-refractivity contribution in [2.75, 3.05) is 26.7 Å². The van der Waals surface area contributed by atoms with E-state index < -0.39 is 0 Å². The van der Waals surface area contributed by atoms with Gasteiger partial charge in [-0.15, -0.1) is 0 Å². The Morgan fingerprint density at radius 2 is 1.86 bits per heavy atom. The number of nitrogens with zero attached hydrogens (tertiary/aromatic N) is 2. The van der Waals surface area contributed by atoms with Crippen molar-refractivity contribution in [2.24, 2.45) is 5.92 Å². The van der Waals surface area contributed by atoms with Crippen molar-refractivity contribution < 1.29 is 4.79 Å². The molecule has 1 amide bonds. The highest BCUT2D eigenvalue weighted by molar-refractivity contribution is 5.76. The van der Waals surface area contributed by atoms with Crippen LogP contribution < -0.4 is 0 Å². The monoisotopic (exact) mass is 286 g/mol. The molecule has 1 aromatic carbocycles. The second-order valence-electron chi connectivity index (χ2n) is 6.62. The van der Waals surface area contributed by atoms with Crippen molar-refractivity contribution in [3.63, 3.8) is 0 Å². The fraction of sp³-hybridized carbons (Fsp3) is 0.611. The molecule has 2 heterocycles. The van der Waals surface area contributed by atoms with Crippen LogP contribution in [0.15, 0.2) is 24.3 Å². The van der Waals surface area contributed by atoms with Crippen LogP contribution in [0.3, 0.4) is 0 Å². The largest absolute Gasteiger partial charge is 0.338 e. The SMILES string of the molecule is CN1CCC(CCC(=O)N2CCc3ccccc3C2)CC1. The van der Waals surface area contributed by atoms with Gasteiger partial charge in [0.15, 0.2) is 0 Å². The van der Waals surface area contributed by atoms with Crippen molar-refractivity contribution in [3.8, 4) is 0 Å². The van der Waals surface area contributed by atoms with E-state index in [0.717, 1.165) is 38.3 Å². The van der Waals surface area contributed by atoms with E-state index in [4.69, 9.17) is 0 Å². The molecule has 2 aliphatic rings. The van der Waals surface area contributed by atoms with Crippen LogP contribution in [0.5, 0.6) is 0 Å². The summed E-state index contributed by atoms with van der Waals surface area (Å²) in [5, 5.41) is 0. The number of carbonyl (C=O) groups excluding carboxylic acids is 1. The van der Waals surface area contributed by atoms with Crippen LogP contribution in [0, 0.1) is 5.92 Å². The predicted molar refractivity (Wildman–Crippen MR) is 85.0 cm³/mol. The molecule has 0 bridgehead atoms. The molecule has 0 spiro atoms. The van der Waals surface area contributed by atoms with Crippen LogP contribution in [0.25, 0.3) is 0 Å². The molecule has 2 aliphatic heterocycles. The third-order valence-electron chi connectivity index (χ3n) is 5.09. The van der Waals surface area contributed by atoms with Gasteiger partial charge in [-0.2, -0.15) is 0 Å². The van der Waals surface area contributed by atoms with Gasteiger partial charge in [0.25, 0.3) is 0 Å². The molecule has 21 heavy (non-hydrogen) atoms. The summed E-state index contributed by atoms with van der Waals surface area (Å²) in [7, 11) is 2.19. The first-order chi connectivity index (χ1) is 10.2. The number of amides is 1. The van der Waals surface area contributed by atoms with Crippen molar-refractivity contribution in [2.45, 2.75) is 38.6 Å². The van der Waals surface area contributed by atoms with E-state index in [2.05, 4.69) is 41.1 Å². The Morgan fingerprint density at radius 3 is 2.62 bits per heavy atom. The zero-order valence-electron chi connectivity index (χ0n) is 13.1. The van der Waals surface area contributed by atoms with Gasteiger partial charge in [0.1, 0.15) is 0 Å². The second-order valence-corrected chi connectivity index (χ2v) is 6.62. The molecule has 0 aliphatic carbocycles. The van der Waals surface area contributed by atoms with E-state index in [0.29, 0.717) is 5.91 Å². The fourth-order valence-electron chi connectivity index (χ4n) is 3.55. The molecule has 0 N–H and O–H groups in total. The molecule has 0 atom stereocenters. The first kappa shape index (κ1) is 14.6. The summed E-state index contributed by atoms with van der Waals surface area (Å²) in [6.45, 7) is 4.08. The topological polar surface area (TPSA) is 23.6 Å². The van der Waals surface area contributed by atoms with E-state index in [1.165, 1.54) is 37.1 Å². The highest BCUT2D eigenvalue weighted by Gasteiger charge is 2.22. The van der Waals surface area contributed by atoms with Gasteiger partial charge in [-0.25, -0.2) is 0 Å². The Hall–Kier alpha value is -1.35. The van der Waals surface area contributed by atoms with Crippen molar-refractivity contribution in [1.82, 2.24) is 9.80 Å². The van der Waals surface area contributed by atoms with Gasteiger partial charge in [-0.05, 0) is 62.9 Å². The van der Waals surface area contributed by atoms with Crippen molar-refractivity contribution >= 4 is 5.91 Å². The van der Waals surface area contributed by atoms with Crippen LogP contribution >= 0.6 is 0 Å². The molecule has 0 saturated carbocycles. The first-order valence-electron chi connectivity index (χ1n) is 8.25. The molecule has 1 saturated heterocycles. The standard InChI is InChI=1S/C18H26N2O/c1-19-11-8-15(9-12-19)6-7-18(21)20-13-10-16-4-2-3-5-17(16)14-20/h2-5,15H,6-14H2,1H3. The van der Waals surface area contributed by atoms with Crippen LogP contribution in [-0.4, -0.2) is 42.4 Å². The first-order valence-corrected chi connectivity index (χ1v) is 8.25. The van der Waals surface area contributed by atoms with Crippen molar-refractivity contribution in [1.29, 1.82) is 0 Å². The maximum Gasteiger partial charge on any atom is 0.222 e. The second kappa shape index (κ2) is 6.61. The van der Waals surface area contributed by atoms with Gasteiger partial charge in [-0.3, -0.25) is 4.79 Å². The summed E-state index contributed by atoms with van der Waals surface area (Å²) in [4.78, 5) is 16.9. The van der Waals surface area contributed by atoms with Crippen LogP contribution in [0.1, 0.15) is 36.8 Å². The van der Waals surface area contributed by atoms with Gasteiger partial charge in [0.2, 0.25) is 5.91 Å². The quantitative estimate of drug-likeness (QED) is 0.853. The van der Waals surface area contributed by atoms with Gasteiger partial charge >= 0.3 is 0 Å². The van der Waals surface area contributed by atoms with Crippen molar-refractivity contribution in [3.05, 3.63) is 35.4 Å². The van der Waals surface area contributed by atoms with E-state index in [1.54, 1.807) is 0 Å². The Labute approximate surface area is 127 Å². The molecule has 0 radical (unpaired) electrons. The number of hydrogen-bond acceptors (Lipinski definition) is 2. The number of likely N-dealkylation sites (tertiary alicyclic amines) is 1. The minimum absolute atomic E-state index is 0.350. The van der Waals surface area contributed by atoms with Gasteiger partial charge in [-0.1, -0.05) is 24.3 Å².